The summed E-state index contributed by atoms with van der Waals surface area (Å²) in [7, 11) is 0. The molecule has 2 fully saturated rings. The summed E-state index contributed by atoms with van der Waals surface area (Å²) in [5.41, 5.74) is 0.760. The van der Waals surface area contributed by atoms with E-state index in [1.165, 1.54) is 11.2 Å². The SMILES string of the molecule is O=C(NCCN1C(=O)S/C(=C\c2ccc(Cl)cc2)C1=O)C1CCCN1C(=O)c1ccco1. The number of benzene rings is 1. The molecule has 166 valence electrons. The smallest absolute Gasteiger partial charge is 0.293 e. The van der Waals surface area contributed by atoms with E-state index in [0.29, 0.717) is 29.3 Å². The van der Waals surface area contributed by atoms with Gasteiger partial charge in [-0.15, -0.1) is 0 Å². The van der Waals surface area contributed by atoms with Crippen LogP contribution in [0.3, 0.4) is 0 Å². The molecule has 32 heavy (non-hydrogen) atoms. The molecule has 2 aliphatic heterocycles. The third-order valence-corrected chi connectivity index (χ3v) is 6.38. The molecule has 4 amide bonds. The van der Waals surface area contributed by atoms with Crippen molar-refractivity contribution in [2.45, 2.75) is 18.9 Å². The van der Waals surface area contributed by atoms with E-state index in [-0.39, 0.29) is 35.9 Å². The van der Waals surface area contributed by atoms with Gasteiger partial charge in [0.1, 0.15) is 6.04 Å². The molecule has 10 heteroatoms. The minimum absolute atomic E-state index is 0.0488. The molecule has 0 radical (unpaired) electrons. The number of thioether (sulfide) groups is 1. The zero-order chi connectivity index (χ0) is 22.7. The van der Waals surface area contributed by atoms with E-state index in [0.717, 1.165) is 22.2 Å². The fourth-order valence-electron chi connectivity index (χ4n) is 3.64. The van der Waals surface area contributed by atoms with Crippen LogP contribution in [0.5, 0.6) is 0 Å². The van der Waals surface area contributed by atoms with E-state index in [1.54, 1.807) is 42.5 Å². The second kappa shape index (κ2) is 9.62. The lowest BCUT2D eigenvalue weighted by atomic mass is 10.2. The number of rotatable bonds is 6. The minimum atomic E-state index is -0.604. The fraction of sp³-hybridized carbons (Fsp3) is 0.273. The molecule has 0 aliphatic carbocycles. The average Bonchev–Trinajstić information content (AvgIpc) is 3.53. The lowest BCUT2D eigenvalue weighted by Crippen LogP contribution is -2.47. The van der Waals surface area contributed by atoms with E-state index in [2.05, 4.69) is 5.32 Å². The van der Waals surface area contributed by atoms with Gasteiger partial charge in [-0.2, -0.15) is 0 Å². The summed E-state index contributed by atoms with van der Waals surface area (Å²) in [6.45, 7) is 0.619. The highest BCUT2D eigenvalue weighted by atomic mass is 35.5. The number of nitrogens with zero attached hydrogens (tertiary/aromatic N) is 2. The van der Waals surface area contributed by atoms with Crippen LogP contribution in [0.1, 0.15) is 29.0 Å². The second-order valence-electron chi connectivity index (χ2n) is 7.31. The van der Waals surface area contributed by atoms with Gasteiger partial charge in [-0.25, -0.2) is 0 Å². The molecule has 1 N–H and O–H groups in total. The first kappa shape index (κ1) is 22.2. The van der Waals surface area contributed by atoms with Gasteiger partial charge in [-0.1, -0.05) is 23.7 Å². The van der Waals surface area contributed by atoms with Crippen molar-refractivity contribution in [3.63, 3.8) is 0 Å². The minimum Gasteiger partial charge on any atom is -0.459 e. The van der Waals surface area contributed by atoms with Crippen LogP contribution >= 0.6 is 23.4 Å². The lowest BCUT2D eigenvalue weighted by molar-refractivity contribution is -0.126. The Kier molecular flexibility index (Phi) is 6.66. The number of carbonyl (C=O) groups is 4. The maximum absolute atomic E-state index is 12.6. The Morgan fingerprint density at radius 1 is 1.22 bits per heavy atom. The Hall–Kier alpha value is -3.04. The zero-order valence-electron chi connectivity index (χ0n) is 17.0. The summed E-state index contributed by atoms with van der Waals surface area (Å²) >= 11 is 6.73. The van der Waals surface area contributed by atoms with Gasteiger partial charge in [-0.3, -0.25) is 24.1 Å². The molecule has 8 nitrogen and oxygen atoms in total. The van der Waals surface area contributed by atoms with Crippen LogP contribution in [0.15, 0.2) is 52.0 Å². The number of furan rings is 1. The predicted octanol–water partition coefficient (Wildman–Crippen LogP) is 3.39. The van der Waals surface area contributed by atoms with Crippen LogP contribution in [0.25, 0.3) is 6.08 Å². The largest absolute Gasteiger partial charge is 0.459 e. The van der Waals surface area contributed by atoms with Crippen molar-refractivity contribution >= 4 is 52.4 Å². The molecule has 2 aliphatic rings. The number of imide groups is 1. The fourth-order valence-corrected chi connectivity index (χ4v) is 4.63. The molecule has 1 aromatic carbocycles. The van der Waals surface area contributed by atoms with Crippen molar-refractivity contribution in [2.75, 3.05) is 19.6 Å². The first-order valence-electron chi connectivity index (χ1n) is 10.1. The van der Waals surface area contributed by atoms with Gasteiger partial charge in [0, 0.05) is 24.7 Å². The highest BCUT2D eigenvalue weighted by molar-refractivity contribution is 8.18. The van der Waals surface area contributed by atoms with E-state index >= 15 is 0 Å². The van der Waals surface area contributed by atoms with Gasteiger partial charge in [0.05, 0.1) is 11.2 Å². The number of nitrogens with one attached hydrogen (secondary N) is 1. The molecule has 0 saturated carbocycles. The highest BCUT2D eigenvalue weighted by Crippen LogP contribution is 2.32. The molecule has 1 unspecified atom stereocenters. The second-order valence-corrected chi connectivity index (χ2v) is 8.74. The quantitative estimate of drug-likeness (QED) is 0.645. The third-order valence-electron chi connectivity index (χ3n) is 5.22. The van der Waals surface area contributed by atoms with Gasteiger partial charge < -0.3 is 14.6 Å². The number of amides is 4. The molecule has 1 aromatic heterocycles. The predicted molar refractivity (Wildman–Crippen MR) is 120 cm³/mol. The van der Waals surface area contributed by atoms with Crippen LogP contribution in [0.2, 0.25) is 5.02 Å². The molecule has 1 atom stereocenters. The normalized spacial score (nSPS) is 19.8. The molecule has 0 spiro atoms. The molecular formula is C22H20ClN3O5S. The monoisotopic (exact) mass is 473 g/mol. The maximum atomic E-state index is 12.6. The van der Waals surface area contributed by atoms with Crippen LogP contribution < -0.4 is 5.32 Å². The Bertz CT molecular complexity index is 1070. The van der Waals surface area contributed by atoms with Gasteiger partial charge in [0.2, 0.25) is 5.91 Å². The Morgan fingerprint density at radius 2 is 2.00 bits per heavy atom. The molecule has 4 rings (SSSR count). The van der Waals surface area contributed by atoms with Gasteiger partial charge in [0.25, 0.3) is 17.1 Å². The summed E-state index contributed by atoms with van der Waals surface area (Å²) in [5.74, 6) is -0.855. The van der Waals surface area contributed by atoms with Crippen LogP contribution in [0, 0.1) is 0 Å². The van der Waals surface area contributed by atoms with Gasteiger partial charge >= 0.3 is 0 Å². The van der Waals surface area contributed by atoms with Crippen molar-refractivity contribution < 1.29 is 23.6 Å². The summed E-state index contributed by atoms with van der Waals surface area (Å²) in [6, 6.07) is 9.50. The van der Waals surface area contributed by atoms with Crippen molar-refractivity contribution in [3.8, 4) is 0 Å². The van der Waals surface area contributed by atoms with Crippen LogP contribution in [0.4, 0.5) is 4.79 Å². The van der Waals surface area contributed by atoms with Gasteiger partial charge in [0.15, 0.2) is 5.76 Å². The molecule has 2 saturated heterocycles. The number of hydrogen-bond donors (Lipinski definition) is 1. The lowest BCUT2D eigenvalue weighted by Gasteiger charge is -2.23. The van der Waals surface area contributed by atoms with E-state index in [9.17, 15) is 19.2 Å². The first-order chi connectivity index (χ1) is 15.4. The number of halogens is 1. The molecule has 0 bridgehead atoms. The Labute approximate surface area is 193 Å². The highest BCUT2D eigenvalue weighted by Gasteiger charge is 2.37. The number of likely N-dealkylation sites (tertiary alicyclic amines) is 1. The van der Waals surface area contributed by atoms with Crippen LogP contribution in [-0.2, 0) is 9.59 Å². The topological polar surface area (TPSA) is 99.9 Å². The number of hydrogen-bond acceptors (Lipinski definition) is 6. The van der Waals surface area contributed by atoms with Crippen LogP contribution in [-0.4, -0.2) is 58.4 Å². The molecule has 2 aromatic rings. The third kappa shape index (κ3) is 4.73. The number of carbonyl (C=O) groups excluding carboxylic acids is 4. The molecule has 3 heterocycles. The summed E-state index contributed by atoms with van der Waals surface area (Å²) in [6.07, 6.45) is 4.30. The van der Waals surface area contributed by atoms with Crippen molar-refractivity contribution in [3.05, 3.63) is 63.9 Å². The van der Waals surface area contributed by atoms with Gasteiger partial charge in [-0.05, 0) is 60.5 Å². The van der Waals surface area contributed by atoms with E-state index in [1.807, 2.05) is 0 Å². The van der Waals surface area contributed by atoms with Crippen molar-refractivity contribution in [1.82, 2.24) is 15.1 Å². The van der Waals surface area contributed by atoms with E-state index in [4.69, 9.17) is 16.0 Å². The standard InChI is InChI=1S/C22H20ClN3O5S/c23-15-7-5-14(6-8-15)13-18-21(29)26(22(30)32-18)11-9-24-19(27)16-3-1-10-25(16)20(28)17-4-2-12-31-17/h2,4-8,12-13,16H,1,3,9-11H2,(H,24,27)/b18-13-. The van der Waals surface area contributed by atoms with Crippen molar-refractivity contribution in [2.24, 2.45) is 0 Å². The summed E-state index contributed by atoms with van der Waals surface area (Å²) in [5, 5.41) is 2.93. The maximum Gasteiger partial charge on any atom is 0.293 e. The molecular weight excluding hydrogens is 454 g/mol. The Balaban J connectivity index is 1.32. The average molecular weight is 474 g/mol. The van der Waals surface area contributed by atoms with Crippen molar-refractivity contribution in [1.29, 1.82) is 0 Å². The summed E-state index contributed by atoms with van der Waals surface area (Å²) < 4.78 is 5.15. The van der Waals surface area contributed by atoms with E-state index < -0.39 is 11.9 Å². The zero-order valence-corrected chi connectivity index (χ0v) is 18.5. The Morgan fingerprint density at radius 3 is 2.72 bits per heavy atom. The summed E-state index contributed by atoms with van der Waals surface area (Å²) in [4.78, 5) is 53.0. The first-order valence-corrected chi connectivity index (χ1v) is 11.3.